The molecule has 11 rings (SSSR count). The van der Waals surface area contributed by atoms with Crippen molar-refractivity contribution in [2.75, 3.05) is 0 Å². The number of benzene rings is 7. The third kappa shape index (κ3) is 5.51. The zero-order valence-electron chi connectivity index (χ0n) is 29.7. The molecule has 7 nitrogen and oxygen atoms in total. The normalized spacial score (nSPS) is 11.6. The molecule has 0 amide bonds. The molecule has 4 aromatic heterocycles. The van der Waals surface area contributed by atoms with E-state index in [2.05, 4.69) is 54.6 Å². The molecule has 0 aliphatic rings. The largest absolute Gasteiger partial charge is 0.456 e. The van der Waals surface area contributed by atoms with E-state index < -0.39 is 0 Å². The highest BCUT2D eigenvalue weighted by atomic mass is 32.1. The predicted molar refractivity (Wildman–Crippen MR) is 226 cm³/mol. The van der Waals surface area contributed by atoms with Gasteiger partial charge in [0.15, 0.2) is 34.9 Å². The number of fused-ring (bicyclic) bond motifs is 6. The number of thiophene rings is 1. The fourth-order valence-corrected chi connectivity index (χ4v) is 8.52. The average molecular weight is 737 g/mol. The molecule has 7 aromatic carbocycles. The van der Waals surface area contributed by atoms with Gasteiger partial charge in [0.1, 0.15) is 11.2 Å². The van der Waals surface area contributed by atoms with E-state index in [0.717, 1.165) is 60.7 Å². The number of furan rings is 1. The summed E-state index contributed by atoms with van der Waals surface area (Å²) in [4.78, 5) is 30.4. The second-order valence-electron chi connectivity index (χ2n) is 13.5. The second-order valence-corrected chi connectivity index (χ2v) is 14.6. The summed E-state index contributed by atoms with van der Waals surface area (Å²) in [5.74, 6) is 3.54. The highest BCUT2D eigenvalue weighted by molar-refractivity contribution is 7.25. The Kier molecular flexibility index (Phi) is 7.53. The molecule has 0 N–H and O–H groups in total. The van der Waals surface area contributed by atoms with E-state index in [-0.39, 0.29) is 0 Å². The van der Waals surface area contributed by atoms with Gasteiger partial charge in [-0.05, 0) is 36.4 Å². The molecule has 0 saturated carbocycles. The van der Waals surface area contributed by atoms with E-state index in [9.17, 15) is 0 Å². The first kappa shape index (κ1) is 32.0. The fraction of sp³-hybridized carbons (Fsp3) is 0. The molecule has 11 aromatic rings. The minimum Gasteiger partial charge on any atom is -0.456 e. The summed E-state index contributed by atoms with van der Waals surface area (Å²) in [5, 5.41) is 4.14. The summed E-state index contributed by atoms with van der Waals surface area (Å²) >= 11 is 1.78. The van der Waals surface area contributed by atoms with E-state index in [1.807, 2.05) is 115 Å². The van der Waals surface area contributed by atoms with Gasteiger partial charge < -0.3 is 4.42 Å². The molecule has 56 heavy (non-hydrogen) atoms. The molecule has 0 atom stereocenters. The Hall–Kier alpha value is -7.42. The Bertz CT molecular complexity index is 3200. The molecule has 0 fully saturated rings. The Labute approximate surface area is 324 Å². The van der Waals surface area contributed by atoms with Gasteiger partial charge in [-0.2, -0.15) is 0 Å². The molecule has 0 radical (unpaired) electrons. The lowest BCUT2D eigenvalue weighted by molar-refractivity contribution is 0.669. The van der Waals surface area contributed by atoms with Crippen LogP contribution in [-0.4, -0.2) is 29.9 Å². The van der Waals surface area contributed by atoms with Crippen LogP contribution in [0, 0.1) is 0 Å². The average Bonchev–Trinajstić information content (AvgIpc) is 3.85. The van der Waals surface area contributed by atoms with E-state index >= 15 is 0 Å². The Morgan fingerprint density at radius 1 is 0.321 bits per heavy atom. The van der Waals surface area contributed by atoms with Gasteiger partial charge in [-0.15, -0.1) is 11.3 Å². The maximum atomic E-state index is 6.49. The van der Waals surface area contributed by atoms with Gasteiger partial charge in [0.2, 0.25) is 0 Å². The first-order valence-corrected chi connectivity index (χ1v) is 19.1. The zero-order chi connectivity index (χ0) is 37.0. The van der Waals surface area contributed by atoms with E-state index in [1.54, 1.807) is 11.3 Å². The smallest absolute Gasteiger partial charge is 0.164 e. The Morgan fingerprint density at radius 3 is 1.43 bits per heavy atom. The van der Waals surface area contributed by atoms with Crippen molar-refractivity contribution in [3.8, 4) is 68.3 Å². The number of aromatic nitrogens is 6. The molecule has 0 saturated heterocycles. The standard InChI is InChI=1S/C48H28N6OS/c1-4-14-29(15-5-1)43-49-44(30-16-6-2-7-17-30)51-46(50-43)32-26-27-37-36(28-32)41-34(21-12-23-38(41)55-37)47-52-45(31-18-8-3-9-19-31)53-48(54-47)35-22-13-25-40-42(35)33-20-10-11-24-39(33)56-40/h1-28H. The van der Waals surface area contributed by atoms with Crippen LogP contribution < -0.4 is 0 Å². The topological polar surface area (TPSA) is 90.5 Å². The van der Waals surface area contributed by atoms with Crippen molar-refractivity contribution in [3.63, 3.8) is 0 Å². The third-order valence-corrected chi connectivity index (χ3v) is 11.1. The zero-order valence-corrected chi connectivity index (χ0v) is 30.5. The van der Waals surface area contributed by atoms with Crippen LogP contribution in [-0.2, 0) is 0 Å². The quantitative estimate of drug-likeness (QED) is 0.168. The van der Waals surface area contributed by atoms with E-state index in [4.69, 9.17) is 34.3 Å². The maximum absolute atomic E-state index is 6.49. The number of hydrogen-bond donors (Lipinski definition) is 0. The van der Waals surface area contributed by atoms with E-state index in [0.29, 0.717) is 34.9 Å². The van der Waals surface area contributed by atoms with Gasteiger partial charge in [0.25, 0.3) is 0 Å². The molecule has 0 bridgehead atoms. The summed E-state index contributed by atoms with van der Waals surface area (Å²) in [7, 11) is 0. The first-order valence-electron chi connectivity index (χ1n) is 18.3. The van der Waals surface area contributed by atoms with Crippen LogP contribution in [0.4, 0.5) is 0 Å². The SMILES string of the molecule is c1ccc(-c2nc(-c3ccccc3)nc(-c3ccc4oc5cccc(-c6nc(-c7ccccc7)nc(-c7cccc8sc9ccccc9c78)n6)c5c4c3)n2)cc1. The monoisotopic (exact) mass is 736 g/mol. The van der Waals surface area contributed by atoms with Crippen molar-refractivity contribution < 1.29 is 4.42 Å². The Morgan fingerprint density at radius 2 is 0.804 bits per heavy atom. The van der Waals surface area contributed by atoms with Crippen molar-refractivity contribution in [1.29, 1.82) is 0 Å². The van der Waals surface area contributed by atoms with Crippen molar-refractivity contribution in [3.05, 3.63) is 170 Å². The highest BCUT2D eigenvalue weighted by Crippen LogP contribution is 2.41. The molecular formula is C48H28N6OS. The number of rotatable bonds is 6. The molecular weight excluding hydrogens is 709 g/mol. The van der Waals surface area contributed by atoms with Crippen molar-refractivity contribution in [2.45, 2.75) is 0 Å². The third-order valence-electron chi connectivity index (χ3n) is 10.0. The fourth-order valence-electron chi connectivity index (χ4n) is 7.38. The number of nitrogens with zero attached hydrogens (tertiary/aromatic N) is 6. The van der Waals surface area contributed by atoms with Crippen LogP contribution >= 0.6 is 11.3 Å². The van der Waals surface area contributed by atoms with Crippen LogP contribution in [0.15, 0.2) is 174 Å². The lowest BCUT2D eigenvalue weighted by atomic mass is 10.0. The van der Waals surface area contributed by atoms with Crippen molar-refractivity contribution in [2.24, 2.45) is 0 Å². The van der Waals surface area contributed by atoms with Crippen LogP contribution in [0.2, 0.25) is 0 Å². The molecule has 0 spiro atoms. The molecule has 0 unspecified atom stereocenters. The van der Waals surface area contributed by atoms with Crippen molar-refractivity contribution >= 4 is 53.4 Å². The molecule has 262 valence electrons. The van der Waals surface area contributed by atoms with Crippen LogP contribution in [0.25, 0.3) is 110 Å². The van der Waals surface area contributed by atoms with Crippen molar-refractivity contribution in [1.82, 2.24) is 29.9 Å². The van der Waals surface area contributed by atoms with Gasteiger partial charge in [-0.25, -0.2) is 29.9 Å². The van der Waals surface area contributed by atoms with Gasteiger partial charge in [-0.1, -0.05) is 133 Å². The van der Waals surface area contributed by atoms with Gasteiger partial charge in [-0.3, -0.25) is 0 Å². The highest BCUT2D eigenvalue weighted by Gasteiger charge is 2.21. The van der Waals surface area contributed by atoms with Crippen LogP contribution in [0.5, 0.6) is 0 Å². The summed E-state index contributed by atoms with van der Waals surface area (Å²) in [6.07, 6.45) is 0. The summed E-state index contributed by atoms with van der Waals surface area (Å²) in [6, 6.07) is 57.1. The van der Waals surface area contributed by atoms with Crippen LogP contribution in [0.1, 0.15) is 0 Å². The minimum atomic E-state index is 0.557. The van der Waals surface area contributed by atoms with Gasteiger partial charge in [0, 0.05) is 64.3 Å². The maximum Gasteiger partial charge on any atom is 0.164 e. The summed E-state index contributed by atoms with van der Waals surface area (Å²) in [6.45, 7) is 0. The predicted octanol–water partition coefficient (Wildman–Crippen LogP) is 12.3. The second kappa shape index (κ2) is 13.2. The minimum absolute atomic E-state index is 0.557. The summed E-state index contributed by atoms with van der Waals surface area (Å²) in [5.41, 5.74) is 6.84. The summed E-state index contributed by atoms with van der Waals surface area (Å²) < 4.78 is 8.91. The first-order chi connectivity index (χ1) is 27.7. The molecule has 8 heteroatoms. The van der Waals surface area contributed by atoms with Gasteiger partial charge >= 0.3 is 0 Å². The molecule has 0 aliphatic heterocycles. The lowest BCUT2D eigenvalue weighted by Gasteiger charge is -2.10. The molecule has 4 heterocycles. The lowest BCUT2D eigenvalue weighted by Crippen LogP contribution is -2.01. The molecule has 0 aliphatic carbocycles. The number of hydrogen-bond acceptors (Lipinski definition) is 8. The van der Waals surface area contributed by atoms with E-state index in [1.165, 1.54) is 14.8 Å². The Balaban J connectivity index is 1.13. The van der Waals surface area contributed by atoms with Gasteiger partial charge in [0.05, 0.1) is 0 Å². The van der Waals surface area contributed by atoms with Crippen LogP contribution in [0.3, 0.4) is 0 Å².